The molecule has 132 valence electrons. The number of esters is 1. The Hall–Kier alpha value is -1.12. The molecule has 0 aliphatic carbocycles. The van der Waals surface area contributed by atoms with Crippen molar-refractivity contribution < 1.29 is 22.7 Å². The van der Waals surface area contributed by atoms with Crippen molar-refractivity contribution in [2.75, 3.05) is 14.2 Å². The van der Waals surface area contributed by atoms with Gasteiger partial charge in [0.2, 0.25) is 10.0 Å². The predicted octanol–water partition coefficient (Wildman–Crippen LogP) is 2.70. The molecule has 2 fully saturated rings. The van der Waals surface area contributed by atoms with Crippen LogP contribution in [-0.4, -0.2) is 45.0 Å². The fraction of sp³-hybridized carbons (Fsp3) is 0.562. The van der Waals surface area contributed by atoms with Gasteiger partial charge in [-0.1, -0.05) is 6.07 Å². The maximum Gasteiger partial charge on any atom is 0.342 e. The quantitative estimate of drug-likeness (QED) is 0.688. The van der Waals surface area contributed by atoms with Gasteiger partial charge in [-0.2, -0.15) is 4.31 Å². The summed E-state index contributed by atoms with van der Waals surface area (Å²) in [6.45, 7) is 0. The first kappa shape index (κ1) is 17.7. The third kappa shape index (κ3) is 2.95. The summed E-state index contributed by atoms with van der Waals surface area (Å²) in [4.78, 5) is 12.2. The number of hydrogen-bond donors (Lipinski definition) is 0. The number of methoxy groups -OCH3 is 2. The van der Waals surface area contributed by atoms with Crippen molar-refractivity contribution in [3.05, 3.63) is 27.7 Å². The number of ether oxygens (including phenoxy) is 2. The van der Waals surface area contributed by atoms with Gasteiger partial charge in [0.1, 0.15) is 11.3 Å². The van der Waals surface area contributed by atoms with E-state index in [2.05, 4.69) is 15.9 Å². The summed E-state index contributed by atoms with van der Waals surface area (Å²) in [5.41, 5.74) is 0.553. The summed E-state index contributed by atoms with van der Waals surface area (Å²) in [6.07, 6.45) is 3.71. The molecular formula is C16H20BrNO5S. The van der Waals surface area contributed by atoms with Crippen molar-refractivity contribution >= 4 is 31.9 Å². The second-order valence-electron chi connectivity index (χ2n) is 6.15. The Labute approximate surface area is 150 Å². The molecule has 0 saturated carbocycles. The summed E-state index contributed by atoms with van der Waals surface area (Å²) in [5.74, 6) is -0.546. The van der Waals surface area contributed by atoms with Crippen LogP contribution < -0.4 is 4.74 Å². The van der Waals surface area contributed by atoms with Crippen LogP contribution in [0.3, 0.4) is 0 Å². The van der Waals surface area contributed by atoms with Crippen molar-refractivity contribution in [1.29, 1.82) is 0 Å². The number of carbonyl (C=O) groups is 1. The van der Waals surface area contributed by atoms with E-state index in [1.165, 1.54) is 14.2 Å². The van der Waals surface area contributed by atoms with Crippen molar-refractivity contribution in [2.24, 2.45) is 0 Å². The van der Waals surface area contributed by atoms with Gasteiger partial charge in [-0.3, -0.25) is 0 Å². The van der Waals surface area contributed by atoms with Gasteiger partial charge in [0.25, 0.3) is 0 Å². The molecule has 0 unspecified atom stereocenters. The first-order chi connectivity index (χ1) is 11.4. The number of carbonyl (C=O) groups excluding carboxylic acids is 1. The summed E-state index contributed by atoms with van der Waals surface area (Å²) in [6, 6.07) is 3.54. The highest BCUT2D eigenvalue weighted by atomic mass is 79.9. The first-order valence-corrected chi connectivity index (χ1v) is 10.2. The zero-order chi connectivity index (χ0) is 17.5. The molecule has 6 nitrogen and oxygen atoms in total. The third-order valence-electron chi connectivity index (χ3n) is 4.83. The Bertz CT molecular complexity index is 744. The predicted molar refractivity (Wildman–Crippen MR) is 92.5 cm³/mol. The first-order valence-electron chi connectivity index (χ1n) is 7.84. The van der Waals surface area contributed by atoms with Crippen LogP contribution in [0, 0.1) is 0 Å². The number of sulfonamides is 1. The molecule has 0 spiro atoms. The van der Waals surface area contributed by atoms with Crippen LogP contribution in [0.2, 0.25) is 0 Å². The van der Waals surface area contributed by atoms with E-state index in [1.54, 1.807) is 16.4 Å². The van der Waals surface area contributed by atoms with Gasteiger partial charge in [0.15, 0.2) is 0 Å². The number of benzene rings is 1. The van der Waals surface area contributed by atoms with Gasteiger partial charge in [-0.25, -0.2) is 13.2 Å². The molecule has 0 atom stereocenters. The zero-order valence-electron chi connectivity index (χ0n) is 13.6. The maximum absolute atomic E-state index is 12.9. The zero-order valence-corrected chi connectivity index (χ0v) is 16.0. The minimum Gasteiger partial charge on any atom is -0.495 e. The molecule has 0 aromatic heterocycles. The molecule has 1 aromatic rings. The minimum atomic E-state index is -3.50. The van der Waals surface area contributed by atoms with E-state index in [0.717, 1.165) is 25.7 Å². The van der Waals surface area contributed by atoms with Gasteiger partial charge in [0.05, 0.1) is 24.4 Å². The molecule has 2 aliphatic heterocycles. The van der Waals surface area contributed by atoms with Crippen LogP contribution in [-0.2, 0) is 20.5 Å². The lowest BCUT2D eigenvalue weighted by Crippen LogP contribution is -2.36. The van der Waals surface area contributed by atoms with Crippen LogP contribution in [0.15, 0.2) is 16.6 Å². The molecule has 1 aromatic carbocycles. The van der Waals surface area contributed by atoms with Crippen molar-refractivity contribution in [1.82, 2.24) is 4.31 Å². The Morgan fingerprint density at radius 2 is 1.79 bits per heavy atom. The molecule has 0 radical (unpaired) electrons. The van der Waals surface area contributed by atoms with E-state index in [9.17, 15) is 13.2 Å². The number of halogens is 1. The lowest BCUT2D eigenvalue weighted by atomic mass is 10.0. The lowest BCUT2D eigenvalue weighted by Gasteiger charge is -2.22. The van der Waals surface area contributed by atoms with Crippen LogP contribution in [0.4, 0.5) is 0 Å². The monoisotopic (exact) mass is 417 g/mol. The molecular weight excluding hydrogens is 398 g/mol. The summed E-state index contributed by atoms with van der Waals surface area (Å²) < 4.78 is 38.2. The number of fused-ring (bicyclic) bond motifs is 2. The number of rotatable bonds is 5. The Morgan fingerprint density at radius 1 is 1.21 bits per heavy atom. The normalized spacial score (nSPS) is 23.5. The molecule has 0 N–H and O–H groups in total. The summed E-state index contributed by atoms with van der Waals surface area (Å²) in [7, 11) is -0.795. The summed E-state index contributed by atoms with van der Waals surface area (Å²) >= 11 is 3.32. The highest BCUT2D eigenvalue weighted by Gasteiger charge is 2.46. The second-order valence-corrected chi connectivity index (χ2v) is 8.88. The SMILES string of the molecule is COC(=O)c1c(CS(=O)(=O)N2C3CCC2CC3)ccc(Br)c1OC. The largest absolute Gasteiger partial charge is 0.495 e. The molecule has 0 amide bonds. The van der Waals surface area contributed by atoms with Gasteiger partial charge >= 0.3 is 5.97 Å². The standard InChI is InChI=1S/C16H20BrNO5S/c1-22-15-13(17)8-3-10(14(15)16(19)23-2)9-24(20,21)18-11-4-5-12(18)7-6-11/h3,8,11-12H,4-7,9H2,1-2H3. The lowest BCUT2D eigenvalue weighted by molar-refractivity contribution is 0.0596. The van der Waals surface area contributed by atoms with E-state index >= 15 is 0 Å². The van der Waals surface area contributed by atoms with Gasteiger partial charge in [-0.05, 0) is 53.2 Å². The highest BCUT2D eigenvalue weighted by Crippen LogP contribution is 2.41. The molecule has 2 bridgehead atoms. The summed E-state index contributed by atoms with van der Waals surface area (Å²) in [5, 5.41) is 0. The fourth-order valence-corrected chi connectivity index (χ4v) is 6.44. The molecule has 2 aliphatic rings. The van der Waals surface area contributed by atoms with E-state index in [4.69, 9.17) is 9.47 Å². The van der Waals surface area contributed by atoms with Crippen molar-refractivity contribution in [3.8, 4) is 5.75 Å². The molecule has 24 heavy (non-hydrogen) atoms. The van der Waals surface area contributed by atoms with Gasteiger partial charge < -0.3 is 9.47 Å². The van der Waals surface area contributed by atoms with Crippen LogP contribution in [0.1, 0.15) is 41.6 Å². The van der Waals surface area contributed by atoms with E-state index < -0.39 is 16.0 Å². The Kier molecular flexibility index (Phi) is 4.90. The average molecular weight is 418 g/mol. The van der Waals surface area contributed by atoms with Gasteiger partial charge in [-0.15, -0.1) is 0 Å². The van der Waals surface area contributed by atoms with Crippen LogP contribution in [0.5, 0.6) is 5.75 Å². The highest BCUT2D eigenvalue weighted by molar-refractivity contribution is 9.10. The van der Waals surface area contributed by atoms with Crippen LogP contribution >= 0.6 is 15.9 Å². The van der Waals surface area contributed by atoms with Gasteiger partial charge in [0, 0.05) is 12.1 Å². The number of hydrogen-bond acceptors (Lipinski definition) is 5. The molecule has 3 rings (SSSR count). The van der Waals surface area contributed by atoms with E-state index in [-0.39, 0.29) is 23.4 Å². The van der Waals surface area contributed by atoms with Crippen molar-refractivity contribution in [3.63, 3.8) is 0 Å². The Balaban J connectivity index is 1.99. The van der Waals surface area contributed by atoms with Crippen molar-refractivity contribution in [2.45, 2.75) is 43.5 Å². The second kappa shape index (κ2) is 6.65. The molecule has 2 saturated heterocycles. The Morgan fingerprint density at radius 3 is 2.29 bits per heavy atom. The smallest absolute Gasteiger partial charge is 0.342 e. The fourth-order valence-electron chi connectivity index (χ4n) is 3.83. The van der Waals surface area contributed by atoms with E-state index in [0.29, 0.717) is 15.8 Å². The minimum absolute atomic E-state index is 0.110. The van der Waals surface area contributed by atoms with E-state index in [1.807, 2.05) is 0 Å². The number of nitrogens with zero attached hydrogens (tertiary/aromatic N) is 1. The molecule has 8 heteroatoms. The average Bonchev–Trinajstić information content (AvgIpc) is 3.16. The van der Waals surface area contributed by atoms with Crippen LogP contribution in [0.25, 0.3) is 0 Å². The molecule has 2 heterocycles. The third-order valence-corrected chi connectivity index (χ3v) is 7.37. The maximum atomic E-state index is 12.9. The topological polar surface area (TPSA) is 72.9 Å².